The quantitative estimate of drug-likeness (QED) is 0.533. The van der Waals surface area contributed by atoms with Gasteiger partial charge in [-0.3, -0.25) is 10.1 Å². The molecule has 0 fully saturated rings. The van der Waals surface area contributed by atoms with E-state index in [0.29, 0.717) is 17.9 Å². The molecule has 0 spiro atoms. The molecule has 0 radical (unpaired) electrons. The van der Waals surface area contributed by atoms with Crippen LogP contribution in [0, 0.1) is 10.1 Å². The molecule has 0 saturated carbocycles. The Balaban J connectivity index is 2.78. The smallest absolute Gasteiger partial charge is 0.270 e. The number of aliphatic hydroxyl groups is 1. The molecule has 2 N–H and O–H groups in total. The fourth-order valence-corrected chi connectivity index (χ4v) is 1.58. The Morgan fingerprint density at radius 3 is 2.79 bits per heavy atom. The summed E-state index contributed by atoms with van der Waals surface area (Å²) in [4.78, 5) is 10.3. The Kier molecular flexibility index (Phi) is 6.20. The van der Waals surface area contributed by atoms with Gasteiger partial charge in [-0.1, -0.05) is 0 Å². The molecule has 1 atom stereocenters. The second-order valence-corrected chi connectivity index (χ2v) is 4.00. The summed E-state index contributed by atoms with van der Waals surface area (Å²) in [6, 6.07) is 4.36. The molecule has 106 valence electrons. The van der Waals surface area contributed by atoms with Crippen molar-refractivity contribution in [2.75, 3.05) is 27.4 Å². The fourth-order valence-electron chi connectivity index (χ4n) is 1.58. The van der Waals surface area contributed by atoms with Crippen molar-refractivity contribution in [2.24, 2.45) is 0 Å². The molecule has 0 aliphatic rings. The van der Waals surface area contributed by atoms with E-state index < -0.39 is 11.0 Å². The minimum Gasteiger partial charge on any atom is -0.490 e. The van der Waals surface area contributed by atoms with Crippen LogP contribution >= 0.6 is 0 Å². The molecule has 0 heterocycles. The molecule has 1 aromatic carbocycles. The minimum absolute atomic E-state index is 0.00930. The highest BCUT2D eigenvalue weighted by Gasteiger charge is 2.12. The van der Waals surface area contributed by atoms with Crippen LogP contribution in [0.4, 0.5) is 5.69 Å². The summed E-state index contributed by atoms with van der Waals surface area (Å²) < 4.78 is 10.2. The number of nitrogens with zero attached hydrogens (tertiary/aromatic N) is 1. The molecule has 7 heteroatoms. The molecule has 1 aromatic rings. The van der Waals surface area contributed by atoms with Gasteiger partial charge in [0.2, 0.25) is 0 Å². The van der Waals surface area contributed by atoms with Gasteiger partial charge in [0.1, 0.15) is 18.5 Å². The predicted molar refractivity (Wildman–Crippen MR) is 69.2 cm³/mol. The Morgan fingerprint density at radius 1 is 1.47 bits per heavy atom. The SMILES string of the molecule is CNCc1cc([N+](=O)[O-])ccc1OCC(O)COC. The highest BCUT2D eigenvalue weighted by Crippen LogP contribution is 2.24. The van der Waals surface area contributed by atoms with Gasteiger partial charge in [0.05, 0.1) is 11.5 Å². The van der Waals surface area contributed by atoms with E-state index in [-0.39, 0.29) is 18.9 Å². The zero-order valence-electron chi connectivity index (χ0n) is 11.0. The largest absolute Gasteiger partial charge is 0.490 e. The van der Waals surface area contributed by atoms with E-state index in [2.05, 4.69) is 5.32 Å². The number of hydrogen-bond acceptors (Lipinski definition) is 6. The molecule has 0 bridgehead atoms. The van der Waals surface area contributed by atoms with E-state index >= 15 is 0 Å². The lowest BCUT2D eigenvalue weighted by molar-refractivity contribution is -0.384. The summed E-state index contributed by atoms with van der Waals surface area (Å²) in [5.74, 6) is 0.509. The van der Waals surface area contributed by atoms with Gasteiger partial charge in [0.25, 0.3) is 5.69 Å². The summed E-state index contributed by atoms with van der Waals surface area (Å²) in [5, 5.41) is 23.1. The van der Waals surface area contributed by atoms with Crippen LogP contribution in [0.1, 0.15) is 5.56 Å². The Labute approximate surface area is 111 Å². The summed E-state index contributed by atoms with van der Waals surface area (Å²) in [7, 11) is 3.23. The average molecular weight is 270 g/mol. The van der Waals surface area contributed by atoms with Crippen LogP contribution in [-0.4, -0.2) is 43.5 Å². The number of nitrogens with one attached hydrogen (secondary N) is 1. The van der Waals surface area contributed by atoms with Gasteiger partial charge in [0.15, 0.2) is 0 Å². The molecule has 1 rings (SSSR count). The van der Waals surface area contributed by atoms with Crippen LogP contribution in [0.15, 0.2) is 18.2 Å². The molecule has 0 aliphatic carbocycles. The first-order chi connectivity index (χ1) is 9.08. The first-order valence-corrected chi connectivity index (χ1v) is 5.80. The topological polar surface area (TPSA) is 93.9 Å². The van der Waals surface area contributed by atoms with E-state index in [1.807, 2.05) is 0 Å². The fraction of sp³-hybridized carbons (Fsp3) is 0.500. The maximum Gasteiger partial charge on any atom is 0.270 e. The van der Waals surface area contributed by atoms with Gasteiger partial charge in [-0.05, 0) is 13.1 Å². The number of methoxy groups -OCH3 is 1. The molecule has 0 aromatic heterocycles. The van der Waals surface area contributed by atoms with Crippen LogP contribution in [0.5, 0.6) is 5.75 Å². The van der Waals surface area contributed by atoms with E-state index in [0.717, 1.165) is 0 Å². The van der Waals surface area contributed by atoms with Gasteiger partial charge in [-0.15, -0.1) is 0 Å². The average Bonchev–Trinajstić information content (AvgIpc) is 2.37. The lowest BCUT2D eigenvalue weighted by Crippen LogP contribution is -2.23. The molecule has 0 aliphatic heterocycles. The summed E-state index contributed by atoms with van der Waals surface area (Å²) in [6.07, 6.45) is -0.734. The molecule has 1 unspecified atom stereocenters. The zero-order valence-corrected chi connectivity index (χ0v) is 11.0. The first kappa shape index (κ1) is 15.4. The van der Waals surface area contributed by atoms with Crippen molar-refractivity contribution in [1.29, 1.82) is 0 Å². The van der Waals surface area contributed by atoms with E-state index in [9.17, 15) is 15.2 Å². The number of ether oxygens (including phenoxy) is 2. The lowest BCUT2D eigenvalue weighted by Gasteiger charge is -2.14. The van der Waals surface area contributed by atoms with Gasteiger partial charge < -0.3 is 19.9 Å². The van der Waals surface area contributed by atoms with Gasteiger partial charge in [0, 0.05) is 31.4 Å². The predicted octanol–water partition coefficient (Wildman–Crippen LogP) is 0.700. The van der Waals surface area contributed by atoms with Gasteiger partial charge in [-0.2, -0.15) is 0 Å². The third kappa shape index (κ3) is 4.82. The molecule has 0 saturated heterocycles. The molecular weight excluding hydrogens is 252 g/mol. The summed E-state index contributed by atoms with van der Waals surface area (Å²) in [5.41, 5.74) is 0.677. The second kappa shape index (κ2) is 7.67. The number of non-ortho nitro benzene ring substituents is 1. The Hall–Kier alpha value is -1.70. The van der Waals surface area contributed by atoms with Gasteiger partial charge in [-0.25, -0.2) is 0 Å². The molecule has 7 nitrogen and oxygen atoms in total. The lowest BCUT2D eigenvalue weighted by atomic mass is 10.1. The molecule has 19 heavy (non-hydrogen) atoms. The highest BCUT2D eigenvalue weighted by molar-refractivity contribution is 5.43. The van der Waals surface area contributed by atoms with Crippen LogP contribution in [-0.2, 0) is 11.3 Å². The summed E-state index contributed by atoms with van der Waals surface area (Å²) in [6.45, 7) is 0.689. The van der Waals surface area contributed by atoms with Crippen molar-refractivity contribution in [3.8, 4) is 5.75 Å². The number of nitro groups is 1. The minimum atomic E-state index is -0.734. The third-order valence-electron chi connectivity index (χ3n) is 2.41. The number of benzene rings is 1. The number of hydrogen-bond donors (Lipinski definition) is 2. The Bertz CT molecular complexity index is 425. The standard InChI is InChI=1S/C12H18N2O5/c1-13-6-9-5-10(14(16)17)3-4-12(9)19-8-11(15)7-18-2/h3-5,11,13,15H,6-8H2,1-2H3. The normalized spacial score (nSPS) is 12.2. The molecule has 0 amide bonds. The highest BCUT2D eigenvalue weighted by atomic mass is 16.6. The van der Waals surface area contributed by atoms with Crippen LogP contribution < -0.4 is 10.1 Å². The number of aliphatic hydroxyl groups excluding tert-OH is 1. The number of rotatable bonds is 8. The third-order valence-corrected chi connectivity index (χ3v) is 2.41. The van der Waals surface area contributed by atoms with Crippen LogP contribution in [0.2, 0.25) is 0 Å². The Morgan fingerprint density at radius 2 is 2.21 bits per heavy atom. The van der Waals surface area contributed by atoms with Crippen LogP contribution in [0.25, 0.3) is 0 Å². The van der Waals surface area contributed by atoms with Crippen molar-refractivity contribution in [3.05, 3.63) is 33.9 Å². The van der Waals surface area contributed by atoms with Crippen LogP contribution in [0.3, 0.4) is 0 Å². The van der Waals surface area contributed by atoms with Crippen molar-refractivity contribution >= 4 is 5.69 Å². The maximum atomic E-state index is 10.7. The van der Waals surface area contributed by atoms with Crippen molar-refractivity contribution in [2.45, 2.75) is 12.6 Å². The van der Waals surface area contributed by atoms with E-state index in [1.165, 1.54) is 25.3 Å². The second-order valence-electron chi connectivity index (χ2n) is 4.00. The number of nitro benzene ring substituents is 1. The van der Waals surface area contributed by atoms with Crippen molar-refractivity contribution < 1.29 is 19.5 Å². The molecular formula is C12H18N2O5. The van der Waals surface area contributed by atoms with Crippen molar-refractivity contribution in [3.63, 3.8) is 0 Å². The van der Waals surface area contributed by atoms with Gasteiger partial charge >= 0.3 is 0 Å². The summed E-state index contributed by atoms with van der Waals surface area (Å²) >= 11 is 0. The van der Waals surface area contributed by atoms with E-state index in [4.69, 9.17) is 9.47 Å². The zero-order chi connectivity index (χ0) is 14.3. The monoisotopic (exact) mass is 270 g/mol. The first-order valence-electron chi connectivity index (χ1n) is 5.80. The van der Waals surface area contributed by atoms with E-state index in [1.54, 1.807) is 7.05 Å². The maximum absolute atomic E-state index is 10.7. The van der Waals surface area contributed by atoms with Crippen molar-refractivity contribution in [1.82, 2.24) is 5.32 Å².